The molecule has 0 radical (unpaired) electrons. The van der Waals surface area contributed by atoms with E-state index >= 15 is 0 Å². The molecular formula is C19H18ClFN2O2. The highest BCUT2D eigenvalue weighted by atomic mass is 35.5. The Balaban J connectivity index is 2.03. The molecule has 130 valence electrons. The van der Waals surface area contributed by atoms with Crippen LogP contribution < -0.4 is 5.32 Å². The van der Waals surface area contributed by atoms with Gasteiger partial charge in [0.05, 0.1) is 5.02 Å². The number of nitrogens with zero attached hydrogens (tertiary/aromatic N) is 1. The number of carbonyl (C=O) groups excluding carboxylic acids is 2. The van der Waals surface area contributed by atoms with Crippen LogP contribution in [0.3, 0.4) is 0 Å². The number of hydrogen-bond donors (Lipinski definition) is 1. The van der Waals surface area contributed by atoms with Gasteiger partial charge in [-0.15, -0.1) is 0 Å². The zero-order valence-electron chi connectivity index (χ0n) is 13.9. The van der Waals surface area contributed by atoms with E-state index in [1.165, 1.54) is 29.2 Å². The van der Waals surface area contributed by atoms with Crippen LogP contribution in [0, 0.1) is 5.82 Å². The van der Waals surface area contributed by atoms with Gasteiger partial charge in [0.15, 0.2) is 0 Å². The minimum atomic E-state index is -0.482. The van der Waals surface area contributed by atoms with Gasteiger partial charge in [0.1, 0.15) is 5.82 Å². The molecule has 2 aromatic carbocycles. The number of amides is 2. The van der Waals surface area contributed by atoms with Gasteiger partial charge in [0.2, 0.25) is 5.91 Å². The van der Waals surface area contributed by atoms with Crippen LogP contribution in [-0.4, -0.2) is 30.8 Å². The Bertz CT molecular complexity index is 783. The van der Waals surface area contributed by atoms with Crippen molar-refractivity contribution in [3.05, 3.63) is 76.1 Å². The fourth-order valence-electron chi connectivity index (χ4n) is 2.21. The van der Waals surface area contributed by atoms with Crippen molar-refractivity contribution in [3.63, 3.8) is 0 Å². The average molecular weight is 361 g/mol. The van der Waals surface area contributed by atoms with Crippen molar-refractivity contribution < 1.29 is 14.0 Å². The van der Waals surface area contributed by atoms with E-state index in [0.29, 0.717) is 12.1 Å². The Kier molecular flexibility index (Phi) is 6.31. The van der Waals surface area contributed by atoms with Crippen LogP contribution in [-0.2, 0) is 11.3 Å². The van der Waals surface area contributed by atoms with Gasteiger partial charge in [-0.2, -0.15) is 0 Å². The van der Waals surface area contributed by atoms with Crippen LogP contribution in [0.25, 0.3) is 6.08 Å². The quantitative estimate of drug-likeness (QED) is 0.829. The van der Waals surface area contributed by atoms with E-state index in [9.17, 15) is 14.0 Å². The van der Waals surface area contributed by atoms with Gasteiger partial charge in [-0.25, -0.2) is 4.39 Å². The van der Waals surface area contributed by atoms with Crippen LogP contribution in [0.1, 0.15) is 21.5 Å². The Morgan fingerprint density at radius 1 is 1.20 bits per heavy atom. The summed E-state index contributed by atoms with van der Waals surface area (Å²) in [7, 11) is 3.21. The molecule has 0 saturated heterocycles. The lowest BCUT2D eigenvalue weighted by Crippen LogP contribution is -2.24. The van der Waals surface area contributed by atoms with Gasteiger partial charge in [0, 0.05) is 37.8 Å². The average Bonchev–Trinajstić information content (AvgIpc) is 2.61. The highest BCUT2D eigenvalue weighted by Crippen LogP contribution is 2.20. The molecule has 0 saturated carbocycles. The molecule has 6 heteroatoms. The largest absolute Gasteiger partial charge is 0.355 e. The van der Waals surface area contributed by atoms with Gasteiger partial charge in [-0.1, -0.05) is 29.8 Å². The fourth-order valence-corrected chi connectivity index (χ4v) is 2.44. The number of hydrogen-bond acceptors (Lipinski definition) is 2. The van der Waals surface area contributed by atoms with Crippen LogP contribution in [0.4, 0.5) is 4.39 Å². The van der Waals surface area contributed by atoms with Gasteiger partial charge in [0.25, 0.3) is 5.91 Å². The van der Waals surface area contributed by atoms with Crippen molar-refractivity contribution in [2.45, 2.75) is 6.54 Å². The third kappa shape index (κ3) is 4.90. The zero-order chi connectivity index (χ0) is 18.4. The van der Waals surface area contributed by atoms with E-state index in [1.807, 2.05) is 0 Å². The Hall–Kier alpha value is -2.66. The number of rotatable bonds is 5. The molecule has 0 aromatic heterocycles. The van der Waals surface area contributed by atoms with Gasteiger partial charge in [-0.05, 0) is 35.9 Å². The van der Waals surface area contributed by atoms with Gasteiger partial charge in [-0.3, -0.25) is 9.59 Å². The number of halogens is 2. The van der Waals surface area contributed by atoms with Crippen LogP contribution in [0.2, 0.25) is 5.02 Å². The van der Waals surface area contributed by atoms with Crippen LogP contribution in [0.15, 0.2) is 48.5 Å². The Morgan fingerprint density at radius 2 is 1.88 bits per heavy atom. The molecule has 0 atom stereocenters. The first kappa shape index (κ1) is 18.7. The van der Waals surface area contributed by atoms with Crippen molar-refractivity contribution in [2.24, 2.45) is 0 Å². The van der Waals surface area contributed by atoms with Crippen LogP contribution >= 0.6 is 11.6 Å². The molecule has 0 aliphatic carbocycles. The summed E-state index contributed by atoms with van der Waals surface area (Å²) in [6.07, 6.45) is 2.65. The minimum Gasteiger partial charge on any atom is -0.355 e. The molecular weight excluding hydrogens is 343 g/mol. The fraction of sp³-hybridized carbons (Fsp3) is 0.158. The molecule has 4 nitrogen and oxygen atoms in total. The molecule has 2 aromatic rings. The summed E-state index contributed by atoms with van der Waals surface area (Å²) >= 11 is 5.93. The zero-order valence-corrected chi connectivity index (χ0v) is 14.7. The molecule has 2 amide bonds. The number of benzene rings is 2. The van der Waals surface area contributed by atoms with E-state index in [0.717, 1.165) is 5.56 Å². The first-order valence-electron chi connectivity index (χ1n) is 7.60. The standard InChI is InChI=1S/C19H18ClFN2O2/c1-22-19(25)14-8-6-13(7-9-14)12-23(2)18(24)11-10-15-16(20)4-3-5-17(15)21/h3-11H,12H2,1-2H3,(H,22,25)/b11-10+. The number of carbonyl (C=O) groups is 2. The van der Waals surface area contributed by atoms with E-state index in [4.69, 9.17) is 11.6 Å². The second-order valence-corrected chi connectivity index (χ2v) is 5.85. The third-order valence-corrected chi connectivity index (χ3v) is 3.96. The topological polar surface area (TPSA) is 49.4 Å². The molecule has 0 fully saturated rings. The number of likely N-dealkylation sites (N-methyl/N-ethyl adjacent to an activating group) is 1. The maximum absolute atomic E-state index is 13.7. The molecule has 2 rings (SSSR count). The highest BCUT2D eigenvalue weighted by molar-refractivity contribution is 6.32. The Morgan fingerprint density at radius 3 is 2.48 bits per heavy atom. The maximum atomic E-state index is 13.7. The van der Waals surface area contributed by atoms with Crippen molar-refractivity contribution in [3.8, 4) is 0 Å². The van der Waals surface area contributed by atoms with E-state index in [1.54, 1.807) is 44.4 Å². The summed E-state index contributed by atoms with van der Waals surface area (Å²) in [6, 6.07) is 11.3. The predicted octanol–water partition coefficient (Wildman–Crippen LogP) is 3.51. The maximum Gasteiger partial charge on any atom is 0.251 e. The lowest BCUT2D eigenvalue weighted by molar-refractivity contribution is -0.125. The van der Waals surface area contributed by atoms with E-state index < -0.39 is 5.82 Å². The lowest BCUT2D eigenvalue weighted by atomic mass is 10.1. The molecule has 0 aliphatic heterocycles. The monoisotopic (exact) mass is 360 g/mol. The van der Waals surface area contributed by atoms with Crippen molar-refractivity contribution in [1.29, 1.82) is 0 Å². The van der Waals surface area contributed by atoms with Crippen molar-refractivity contribution in [2.75, 3.05) is 14.1 Å². The van der Waals surface area contributed by atoms with E-state index in [2.05, 4.69) is 5.32 Å². The van der Waals surface area contributed by atoms with Crippen molar-refractivity contribution >= 4 is 29.5 Å². The lowest BCUT2D eigenvalue weighted by Gasteiger charge is -2.15. The van der Waals surface area contributed by atoms with Crippen LogP contribution in [0.5, 0.6) is 0 Å². The SMILES string of the molecule is CNC(=O)c1ccc(CN(C)C(=O)/C=C/c2c(F)cccc2Cl)cc1. The first-order chi connectivity index (χ1) is 11.9. The summed E-state index contributed by atoms with van der Waals surface area (Å²) in [5, 5.41) is 2.79. The normalized spacial score (nSPS) is 10.7. The predicted molar refractivity (Wildman–Crippen MR) is 96.8 cm³/mol. The second kappa shape index (κ2) is 8.44. The molecule has 0 unspecified atom stereocenters. The van der Waals surface area contributed by atoms with Gasteiger partial charge >= 0.3 is 0 Å². The molecule has 0 aliphatic rings. The summed E-state index contributed by atoms with van der Waals surface area (Å²) < 4.78 is 13.7. The molecule has 0 bridgehead atoms. The molecule has 0 heterocycles. The van der Waals surface area contributed by atoms with Gasteiger partial charge < -0.3 is 10.2 Å². The van der Waals surface area contributed by atoms with E-state index in [-0.39, 0.29) is 22.4 Å². The smallest absolute Gasteiger partial charge is 0.251 e. The molecule has 0 spiro atoms. The summed E-state index contributed by atoms with van der Waals surface area (Å²) in [6.45, 7) is 0.363. The Labute approximate surface area is 150 Å². The van der Waals surface area contributed by atoms with Crippen molar-refractivity contribution in [1.82, 2.24) is 10.2 Å². The minimum absolute atomic E-state index is 0.166. The number of nitrogens with one attached hydrogen (secondary N) is 1. The third-order valence-electron chi connectivity index (χ3n) is 3.63. The summed E-state index contributed by atoms with van der Waals surface area (Å²) in [4.78, 5) is 25.2. The highest BCUT2D eigenvalue weighted by Gasteiger charge is 2.09. The first-order valence-corrected chi connectivity index (χ1v) is 7.98. The molecule has 1 N–H and O–H groups in total. The summed E-state index contributed by atoms with van der Waals surface area (Å²) in [5.41, 5.74) is 1.61. The molecule has 25 heavy (non-hydrogen) atoms. The second-order valence-electron chi connectivity index (χ2n) is 5.44. The summed E-state index contributed by atoms with van der Waals surface area (Å²) in [5.74, 6) is -0.931.